The van der Waals surface area contributed by atoms with E-state index in [1.54, 1.807) is 0 Å². The van der Waals surface area contributed by atoms with Gasteiger partial charge in [0.15, 0.2) is 5.01 Å². The van der Waals surface area contributed by atoms with Gasteiger partial charge in [-0.25, -0.2) is 9.78 Å². The number of rotatable bonds is 2. The van der Waals surface area contributed by atoms with Gasteiger partial charge in [0.05, 0.1) is 0 Å². The molecule has 2 rings (SSSR count). The van der Waals surface area contributed by atoms with Crippen molar-refractivity contribution in [3.63, 3.8) is 0 Å². The zero-order valence-electron chi connectivity index (χ0n) is 9.48. The maximum absolute atomic E-state index is 12.4. The van der Waals surface area contributed by atoms with Crippen molar-refractivity contribution < 1.29 is 27.9 Å². The zero-order chi connectivity index (χ0) is 14.2. The molecule has 1 aromatic rings. The normalized spacial score (nSPS) is 19.7. The molecule has 1 aromatic heterocycles. The third kappa shape index (κ3) is 2.70. The summed E-state index contributed by atoms with van der Waals surface area (Å²) in [6, 6.07) is -0.983. The maximum atomic E-state index is 12.4. The number of likely N-dealkylation sites (tertiary alicyclic amines) is 1. The molecule has 1 N–H and O–H groups in total. The van der Waals surface area contributed by atoms with Crippen molar-refractivity contribution in [3.05, 3.63) is 16.1 Å². The molecule has 0 radical (unpaired) electrons. The first kappa shape index (κ1) is 13.8. The van der Waals surface area contributed by atoms with E-state index in [1.807, 2.05) is 0 Å². The van der Waals surface area contributed by atoms with Crippen molar-refractivity contribution in [3.8, 4) is 0 Å². The fourth-order valence-corrected chi connectivity index (χ4v) is 2.58. The van der Waals surface area contributed by atoms with Crippen molar-refractivity contribution in [2.24, 2.45) is 0 Å². The number of carboxylic acid groups (broad SMARTS) is 1. The molecule has 5 nitrogen and oxygen atoms in total. The minimum atomic E-state index is -4.60. The van der Waals surface area contributed by atoms with Crippen molar-refractivity contribution in [1.29, 1.82) is 0 Å². The average Bonchev–Trinajstić information content (AvgIpc) is 2.96. The molecule has 19 heavy (non-hydrogen) atoms. The van der Waals surface area contributed by atoms with Crippen LogP contribution in [0.2, 0.25) is 0 Å². The average molecular weight is 294 g/mol. The number of aromatic nitrogens is 1. The molecule has 0 bridgehead atoms. The summed E-state index contributed by atoms with van der Waals surface area (Å²) >= 11 is 0.322. The number of hydrogen-bond acceptors (Lipinski definition) is 4. The third-order valence-electron chi connectivity index (χ3n) is 2.76. The van der Waals surface area contributed by atoms with Gasteiger partial charge >= 0.3 is 12.1 Å². The van der Waals surface area contributed by atoms with Gasteiger partial charge in [-0.15, -0.1) is 11.3 Å². The molecule has 0 unspecified atom stereocenters. The second kappa shape index (κ2) is 4.80. The SMILES string of the molecule is O=C(O)[C@H]1CCCN1C(=O)c1csc(C(F)(F)F)n1. The highest BCUT2D eigenvalue weighted by atomic mass is 32.1. The van der Waals surface area contributed by atoms with Crippen LogP contribution in [0.5, 0.6) is 0 Å². The van der Waals surface area contributed by atoms with Gasteiger partial charge < -0.3 is 10.0 Å². The van der Waals surface area contributed by atoms with Crippen LogP contribution in [-0.4, -0.2) is 39.5 Å². The lowest BCUT2D eigenvalue weighted by Crippen LogP contribution is -2.40. The van der Waals surface area contributed by atoms with Crippen LogP contribution in [0, 0.1) is 0 Å². The number of aliphatic carboxylic acids is 1. The molecule has 1 atom stereocenters. The molecule has 0 aliphatic carbocycles. The molecule has 0 saturated carbocycles. The number of carbonyl (C=O) groups excluding carboxylic acids is 1. The van der Waals surface area contributed by atoms with Crippen molar-refractivity contribution in [2.75, 3.05) is 6.54 Å². The quantitative estimate of drug-likeness (QED) is 0.903. The Bertz CT molecular complexity index is 514. The van der Waals surface area contributed by atoms with Gasteiger partial charge in [0, 0.05) is 11.9 Å². The standard InChI is InChI=1S/C10H9F3N2O3S/c11-10(12,13)9-14-5(4-19-9)7(16)15-3-1-2-6(15)8(17)18/h4,6H,1-3H2,(H,17,18)/t6-/m1/s1. The summed E-state index contributed by atoms with van der Waals surface area (Å²) in [6.07, 6.45) is -3.78. The number of hydrogen-bond donors (Lipinski definition) is 1. The first-order valence-electron chi connectivity index (χ1n) is 5.37. The molecule has 0 aromatic carbocycles. The Morgan fingerprint density at radius 2 is 2.16 bits per heavy atom. The fourth-order valence-electron chi connectivity index (χ4n) is 1.92. The van der Waals surface area contributed by atoms with Gasteiger partial charge in [-0.05, 0) is 12.8 Å². The summed E-state index contributed by atoms with van der Waals surface area (Å²) in [7, 11) is 0. The summed E-state index contributed by atoms with van der Waals surface area (Å²) in [4.78, 5) is 27.1. The van der Waals surface area contributed by atoms with Crippen LogP contribution >= 0.6 is 11.3 Å². The number of thiazole rings is 1. The Labute approximate surface area is 109 Å². The molecular formula is C10H9F3N2O3S. The Hall–Kier alpha value is -1.64. The summed E-state index contributed by atoms with van der Waals surface area (Å²) in [6.45, 7) is 0.217. The molecular weight excluding hydrogens is 285 g/mol. The van der Waals surface area contributed by atoms with Crippen LogP contribution in [0.15, 0.2) is 5.38 Å². The second-order valence-electron chi connectivity index (χ2n) is 4.03. The lowest BCUT2D eigenvalue weighted by atomic mass is 10.2. The fraction of sp³-hybridized carbons (Fsp3) is 0.500. The van der Waals surface area contributed by atoms with E-state index in [0.717, 1.165) is 10.3 Å². The van der Waals surface area contributed by atoms with Crippen LogP contribution in [0.3, 0.4) is 0 Å². The molecule has 104 valence electrons. The van der Waals surface area contributed by atoms with Crippen LogP contribution in [0.25, 0.3) is 0 Å². The van der Waals surface area contributed by atoms with E-state index in [0.29, 0.717) is 24.2 Å². The number of halogens is 3. The zero-order valence-corrected chi connectivity index (χ0v) is 10.3. The van der Waals surface area contributed by atoms with Crippen molar-refractivity contribution in [1.82, 2.24) is 9.88 Å². The first-order valence-corrected chi connectivity index (χ1v) is 6.25. The third-order valence-corrected chi connectivity index (χ3v) is 3.65. The minimum absolute atomic E-state index is 0.217. The van der Waals surface area contributed by atoms with E-state index in [-0.39, 0.29) is 12.2 Å². The molecule has 1 fully saturated rings. The van der Waals surface area contributed by atoms with Crippen molar-refractivity contribution >= 4 is 23.2 Å². The summed E-state index contributed by atoms with van der Waals surface area (Å²) in [5.74, 6) is -1.92. The van der Waals surface area contributed by atoms with Gasteiger partial charge in [-0.3, -0.25) is 4.79 Å². The highest BCUT2D eigenvalue weighted by Gasteiger charge is 2.38. The monoisotopic (exact) mass is 294 g/mol. The molecule has 9 heteroatoms. The maximum Gasteiger partial charge on any atom is 0.443 e. The Kier molecular flexibility index (Phi) is 3.48. The number of nitrogens with zero attached hydrogens (tertiary/aromatic N) is 2. The van der Waals surface area contributed by atoms with E-state index in [2.05, 4.69) is 4.98 Å². The van der Waals surface area contributed by atoms with Crippen LogP contribution < -0.4 is 0 Å². The summed E-state index contributed by atoms with van der Waals surface area (Å²) < 4.78 is 37.1. The topological polar surface area (TPSA) is 70.5 Å². The van der Waals surface area contributed by atoms with Gasteiger partial charge in [0.2, 0.25) is 0 Å². The van der Waals surface area contributed by atoms with Gasteiger partial charge in [-0.1, -0.05) is 0 Å². The van der Waals surface area contributed by atoms with E-state index < -0.39 is 29.1 Å². The number of carbonyl (C=O) groups is 2. The molecule has 1 amide bonds. The van der Waals surface area contributed by atoms with E-state index in [4.69, 9.17) is 5.11 Å². The Balaban J connectivity index is 2.20. The molecule has 1 aliphatic heterocycles. The van der Waals surface area contributed by atoms with Gasteiger partial charge in [0.1, 0.15) is 11.7 Å². The van der Waals surface area contributed by atoms with Gasteiger partial charge in [0.25, 0.3) is 5.91 Å². The van der Waals surface area contributed by atoms with E-state index in [9.17, 15) is 22.8 Å². The second-order valence-corrected chi connectivity index (χ2v) is 4.89. The first-order chi connectivity index (χ1) is 8.80. The molecule has 2 heterocycles. The predicted molar refractivity (Wildman–Crippen MR) is 58.8 cm³/mol. The van der Waals surface area contributed by atoms with Gasteiger partial charge in [-0.2, -0.15) is 13.2 Å². The summed E-state index contributed by atoms with van der Waals surface area (Å²) in [5, 5.41) is 8.82. The highest BCUT2D eigenvalue weighted by Crippen LogP contribution is 2.32. The molecule has 1 aliphatic rings. The van der Waals surface area contributed by atoms with Crippen molar-refractivity contribution in [2.45, 2.75) is 25.1 Å². The van der Waals surface area contributed by atoms with E-state index >= 15 is 0 Å². The predicted octanol–water partition coefficient (Wildman–Crippen LogP) is 1.85. The summed E-state index contributed by atoms with van der Waals surface area (Å²) in [5.41, 5.74) is -0.356. The number of carboxylic acids is 1. The highest BCUT2D eigenvalue weighted by molar-refractivity contribution is 7.09. The lowest BCUT2D eigenvalue weighted by molar-refractivity contribution is -0.141. The minimum Gasteiger partial charge on any atom is -0.480 e. The Morgan fingerprint density at radius 3 is 2.68 bits per heavy atom. The number of alkyl halides is 3. The number of amides is 1. The lowest BCUT2D eigenvalue weighted by Gasteiger charge is -2.20. The molecule has 1 saturated heterocycles. The largest absolute Gasteiger partial charge is 0.480 e. The smallest absolute Gasteiger partial charge is 0.443 e. The van der Waals surface area contributed by atoms with Crippen LogP contribution in [0.4, 0.5) is 13.2 Å². The Morgan fingerprint density at radius 1 is 1.47 bits per heavy atom. The van der Waals surface area contributed by atoms with Crippen LogP contribution in [-0.2, 0) is 11.0 Å². The van der Waals surface area contributed by atoms with Crippen LogP contribution in [0.1, 0.15) is 28.3 Å². The molecule has 0 spiro atoms. The van der Waals surface area contributed by atoms with E-state index in [1.165, 1.54) is 0 Å².